The maximum absolute atomic E-state index is 5.97. The van der Waals surface area contributed by atoms with Crippen LogP contribution in [0.3, 0.4) is 0 Å². The lowest BCUT2D eigenvalue weighted by atomic mass is 10.0. The summed E-state index contributed by atoms with van der Waals surface area (Å²) in [5.41, 5.74) is 10.3. The van der Waals surface area contributed by atoms with Crippen LogP contribution in [0.25, 0.3) is 0 Å². The Kier molecular flexibility index (Phi) is 5.74. The largest absolute Gasteiger partial charge is 0.368 e. The zero-order chi connectivity index (χ0) is 18.5. The number of hydrogen-bond donors (Lipinski definition) is 2. The highest BCUT2D eigenvalue weighted by molar-refractivity contribution is 6.30. The molecule has 1 aromatic heterocycles. The second-order valence-corrected chi connectivity index (χ2v) is 6.83. The molecule has 134 valence electrons. The van der Waals surface area contributed by atoms with Crippen molar-refractivity contribution in [2.45, 2.75) is 32.7 Å². The Labute approximate surface area is 159 Å². The molecule has 0 aliphatic carbocycles. The van der Waals surface area contributed by atoms with Crippen LogP contribution in [0.2, 0.25) is 5.02 Å². The molecule has 0 unspecified atom stereocenters. The van der Waals surface area contributed by atoms with Crippen molar-refractivity contribution >= 4 is 23.4 Å². The minimum absolute atomic E-state index is 0.124. The average molecular weight is 367 g/mol. The smallest absolute Gasteiger partial charge is 0.222 e. The van der Waals surface area contributed by atoms with Gasteiger partial charge in [0, 0.05) is 22.3 Å². The minimum Gasteiger partial charge on any atom is -0.368 e. The zero-order valence-electron chi connectivity index (χ0n) is 15.0. The van der Waals surface area contributed by atoms with Gasteiger partial charge in [-0.15, -0.1) is 0 Å². The fourth-order valence-electron chi connectivity index (χ4n) is 2.99. The van der Waals surface area contributed by atoms with Crippen molar-refractivity contribution in [1.82, 2.24) is 9.97 Å². The molecule has 0 bridgehead atoms. The number of nitrogens with zero attached hydrogens (tertiary/aromatic N) is 2. The van der Waals surface area contributed by atoms with Gasteiger partial charge in [0.05, 0.1) is 0 Å². The number of nitrogen functional groups attached to an aromatic ring is 1. The van der Waals surface area contributed by atoms with Crippen LogP contribution in [0.5, 0.6) is 0 Å². The van der Waals surface area contributed by atoms with E-state index in [1.165, 1.54) is 11.1 Å². The van der Waals surface area contributed by atoms with Gasteiger partial charge in [0.2, 0.25) is 5.95 Å². The normalized spacial score (nSPS) is 12.0. The summed E-state index contributed by atoms with van der Waals surface area (Å²) in [6, 6.07) is 18.3. The molecule has 0 fully saturated rings. The van der Waals surface area contributed by atoms with Gasteiger partial charge in [-0.3, -0.25) is 0 Å². The third-order valence-corrected chi connectivity index (χ3v) is 4.71. The highest BCUT2D eigenvalue weighted by atomic mass is 35.5. The summed E-state index contributed by atoms with van der Waals surface area (Å²) < 4.78 is 0. The number of halogens is 1. The molecule has 26 heavy (non-hydrogen) atoms. The first kappa shape index (κ1) is 18.2. The van der Waals surface area contributed by atoms with E-state index in [1.807, 2.05) is 37.3 Å². The fraction of sp³-hybridized carbons (Fsp3) is 0.238. The topological polar surface area (TPSA) is 63.8 Å². The average Bonchev–Trinajstić information content (AvgIpc) is 2.63. The first-order valence-electron chi connectivity index (χ1n) is 8.72. The number of rotatable bonds is 6. The van der Waals surface area contributed by atoms with E-state index in [2.05, 4.69) is 46.5 Å². The Bertz CT molecular complexity index is 863. The predicted molar refractivity (Wildman–Crippen MR) is 109 cm³/mol. The molecule has 1 atom stereocenters. The Morgan fingerprint density at radius 2 is 1.69 bits per heavy atom. The molecule has 0 aliphatic rings. The van der Waals surface area contributed by atoms with E-state index in [4.69, 9.17) is 17.3 Å². The summed E-state index contributed by atoms with van der Waals surface area (Å²) in [6.45, 7) is 4.10. The molecule has 0 saturated heterocycles. The molecule has 3 rings (SSSR count). The summed E-state index contributed by atoms with van der Waals surface area (Å²) in [5.74, 6) is 1.10. The Morgan fingerprint density at radius 1 is 1.00 bits per heavy atom. The van der Waals surface area contributed by atoms with Gasteiger partial charge in [0.25, 0.3) is 0 Å². The van der Waals surface area contributed by atoms with Crippen LogP contribution in [-0.4, -0.2) is 9.97 Å². The Hall–Kier alpha value is -2.59. The van der Waals surface area contributed by atoms with Gasteiger partial charge >= 0.3 is 0 Å². The van der Waals surface area contributed by atoms with Gasteiger partial charge in [0.15, 0.2) is 0 Å². The van der Waals surface area contributed by atoms with E-state index in [0.29, 0.717) is 5.95 Å². The van der Waals surface area contributed by atoms with Crippen LogP contribution in [0.1, 0.15) is 35.3 Å². The van der Waals surface area contributed by atoms with E-state index in [0.717, 1.165) is 34.9 Å². The zero-order valence-corrected chi connectivity index (χ0v) is 15.8. The van der Waals surface area contributed by atoms with E-state index in [1.54, 1.807) is 0 Å². The Balaban J connectivity index is 1.81. The molecule has 3 N–H and O–H groups in total. The SMILES string of the molecule is Cc1nc(N)nc(N[C@@H](C)c2ccccc2)c1CCc1ccc(Cl)cc1. The summed E-state index contributed by atoms with van der Waals surface area (Å²) >= 11 is 5.97. The lowest BCUT2D eigenvalue weighted by molar-refractivity contribution is 0.848. The molecular weight excluding hydrogens is 344 g/mol. The van der Waals surface area contributed by atoms with Crippen LogP contribution in [0.15, 0.2) is 54.6 Å². The maximum atomic E-state index is 5.97. The number of aromatic nitrogens is 2. The quantitative estimate of drug-likeness (QED) is 0.645. The van der Waals surface area contributed by atoms with Crippen LogP contribution >= 0.6 is 11.6 Å². The second kappa shape index (κ2) is 8.19. The molecule has 5 heteroatoms. The molecule has 0 spiro atoms. The number of anilines is 2. The minimum atomic E-state index is 0.124. The third kappa shape index (κ3) is 4.52. The third-order valence-electron chi connectivity index (χ3n) is 4.46. The summed E-state index contributed by atoms with van der Waals surface area (Å²) in [5, 5.41) is 4.25. The number of hydrogen-bond acceptors (Lipinski definition) is 4. The second-order valence-electron chi connectivity index (χ2n) is 6.40. The van der Waals surface area contributed by atoms with E-state index in [-0.39, 0.29) is 6.04 Å². The lowest BCUT2D eigenvalue weighted by Gasteiger charge is -2.19. The highest BCUT2D eigenvalue weighted by Crippen LogP contribution is 2.24. The fourth-order valence-corrected chi connectivity index (χ4v) is 3.11. The predicted octanol–water partition coefficient (Wildman–Crippen LogP) is 4.98. The molecule has 0 saturated carbocycles. The van der Waals surface area contributed by atoms with Gasteiger partial charge in [-0.05, 0) is 49.9 Å². The lowest BCUT2D eigenvalue weighted by Crippen LogP contribution is -2.14. The Morgan fingerprint density at radius 3 is 2.38 bits per heavy atom. The van der Waals surface area contributed by atoms with Crippen LogP contribution < -0.4 is 11.1 Å². The number of nitrogens with two attached hydrogens (primary N) is 1. The van der Waals surface area contributed by atoms with E-state index < -0.39 is 0 Å². The summed E-state index contributed by atoms with van der Waals surface area (Å²) in [4.78, 5) is 8.81. The molecule has 1 heterocycles. The maximum Gasteiger partial charge on any atom is 0.222 e. The van der Waals surface area contributed by atoms with Crippen LogP contribution in [-0.2, 0) is 12.8 Å². The van der Waals surface area contributed by atoms with E-state index >= 15 is 0 Å². The van der Waals surface area contributed by atoms with Crippen molar-refractivity contribution in [2.24, 2.45) is 0 Å². The van der Waals surface area contributed by atoms with Crippen molar-refractivity contribution in [2.75, 3.05) is 11.1 Å². The van der Waals surface area contributed by atoms with Crippen LogP contribution in [0, 0.1) is 6.92 Å². The molecule has 0 aliphatic heterocycles. The molecule has 0 radical (unpaired) electrons. The van der Waals surface area contributed by atoms with Gasteiger partial charge in [-0.1, -0.05) is 54.1 Å². The van der Waals surface area contributed by atoms with Gasteiger partial charge in [-0.2, -0.15) is 4.98 Å². The number of aryl methyl sites for hydroxylation is 2. The van der Waals surface area contributed by atoms with Crippen molar-refractivity contribution < 1.29 is 0 Å². The monoisotopic (exact) mass is 366 g/mol. The van der Waals surface area contributed by atoms with Crippen molar-refractivity contribution in [1.29, 1.82) is 0 Å². The molecular formula is C21H23ClN4. The van der Waals surface area contributed by atoms with Crippen molar-refractivity contribution in [3.8, 4) is 0 Å². The first-order chi connectivity index (χ1) is 12.5. The molecule has 2 aromatic carbocycles. The summed E-state index contributed by atoms with van der Waals surface area (Å²) in [6.07, 6.45) is 1.72. The van der Waals surface area contributed by atoms with Gasteiger partial charge < -0.3 is 11.1 Å². The molecule has 4 nitrogen and oxygen atoms in total. The molecule has 0 amide bonds. The number of benzene rings is 2. The first-order valence-corrected chi connectivity index (χ1v) is 9.09. The highest BCUT2D eigenvalue weighted by Gasteiger charge is 2.14. The van der Waals surface area contributed by atoms with Gasteiger partial charge in [-0.25, -0.2) is 4.98 Å². The van der Waals surface area contributed by atoms with Crippen molar-refractivity contribution in [3.63, 3.8) is 0 Å². The number of nitrogens with one attached hydrogen (secondary N) is 1. The van der Waals surface area contributed by atoms with Crippen molar-refractivity contribution in [3.05, 3.63) is 82.0 Å². The van der Waals surface area contributed by atoms with Crippen LogP contribution in [0.4, 0.5) is 11.8 Å². The standard InChI is InChI=1S/C21H23ClN4/c1-14(17-6-4-3-5-7-17)24-20-19(15(2)25-21(23)26-20)13-10-16-8-11-18(22)12-9-16/h3-9,11-12,14H,10,13H2,1-2H3,(H3,23,24,25,26)/t14-/m0/s1. The summed E-state index contributed by atoms with van der Waals surface area (Å²) in [7, 11) is 0. The van der Waals surface area contributed by atoms with E-state index in [9.17, 15) is 0 Å². The molecule has 3 aromatic rings. The van der Waals surface area contributed by atoms with Gasteiger partial charge in [0.1, 0.15) is 5.82 Å².